The third kappa shape index (κ3) is 4.25. The summed E-state index contributed by atoms with van der Waals surface area (Å²) in [5.74, 6) is 0. The van der Waals surface area contributed by atoms with Gasteiger partial charge < -0.3 is 10.6 Å². The van der Waals surface area contributed by atoms with E-state index in [1.807, 2.05) is 30.3 Å². The van der Waals surface area contributed by atoms with Gasteiger partial charge in [-0.3, -0.25) is 0 Å². The Labute approximate surface area is 94.0 Å². The smallest absolute Gasteiger partial charge is 0.171 e. The number of nitrogens with one attached hydrogen (secondary N) is 2. The summed E-state index contributed by atoms with van der Waals surface area (Å²) in [5, 5.41) is 7.01. The predicted octanol–water partition coefficient (Wildman–Crippen LogP) is 2.73. The summed E-state index contributed by atoms with van der Waals surface area (Å²) in [4.78, 5) is 0. The van der Waals surface area contributed by atoms with E-state index in [0.717, 1.165) is 5.69 Å². The lowest BCUT2D eigenvalue weighted by atomic mass is 10.3. The van der Waals surface area contributed by atoms with Crippen molar-refractivity contribution in [2.75, 3.05) is 11.9 Å². The zero-order chi connectivity index (χ0) is 10.4. The van der Waals surface area contributed by atoms with Crippen molar-refractivity contribution in [2.24, 2.45) is 0 Å². The molecule has 0 heterocycles. The van der Waals surface area contributed by atoms with Crippen LogP contribution in [0, 0.1) is 0 Å². The van der Waals surface area contributed by atoms with Crippen LogP contribution in [0.1, 0.15) is 0 Å². The molecule has 0 aliphatic heterocycles. The molecule has 0 bridgehead atoms. The number of para-hydroxylation sites is 1. The molecule has 1 aromatic rings. The number of hydrogen-bond acceptors (Lipinski definition) is 1. The predicted molar refractivity (Wildman–Crippen MR) is 65.7 cm³/mol. The molecular weight excluding hydrogens is 216 g/mol. The minimum atomic E-state index is 0.472. The van der Waals surface area contributed by atoms with Crippen molar-refractivity contribution < 1.29 is 0 Å². The Kier molecular flexibility index (Phi) is 4.43. The Bertz CT molecular complexity index is 324. The van der Waals surface area contributed by atoms with Crippen molar-refractivity contribution in [1.29, 1.82) is 0 Å². The Hall–Kier alpha value is -1.06. The number of thiocarbonyl (C=S) groups is 1. The van der Waals surface area contributed by atoms with Gasteiger partial charge in [-0.15, -0.1) is 0 Å². The lowest BCUT2D eigenvalue weighted by Gasteiger charge is -2.09. The number of halogens is 1. The average molecular weight is 227 g/mol. The molecule has 1 aromatic carbocycles. The second-order valence-electron chi connectivity index (χ2n) is 2.69. The molecule has 4 heteroatoms. The number of anilines is 1. The number of hydrogen-bond donors (Lipinski definition) is 2. The monoisotopic (exact) mass is 226 g/mol. The van der Waals surface area contributed by atoms with E-state index in [4.69, 9.17) is 23.8 Å². The Morgan fingerprint density at radius 2 is 2.00 bits per heavy atom. The first kappa shape index (κ1) is 11.0. The minimum absolute atomic E-state index is 0.472. The van der Waals surface area contributed by atoms with Crippen LogP contribution in [-0.2, 0) is 0 Å². The second-order valence-corrected chi connectivity index (χ2v) is 3.63. The van der Waals surface area contributed by atoms with Crippen molar-refractivity contribution in [2.45, 2.75) is 0 Å². The molecule has 0 atom stereocenters. The van der Waals surface area contributed by atoms with Crippen LogP contribution in [0.15, 0.2) is 41.9 Å². The molecule has 0 unspecified atom stereocenters. The maximum Gasteiger partial charge on any atom is 0.171 e. The number of rotatable bonds is 3. The molecule has 0 radical (unpaired) electrons. The molecule has 74 valence electrons. The molecule has 0 saturated carbocycles. The Morgan fingerprint density at radius 1 is 1.36 bits per heavy atom. The van der Waals surface area contributed by atoms with Crippen LogP contribution < -0.4 is 10.6 Å². The molecule has 0 aromatic heterocycles. The van der Waals surface area contributed by atoms with Gasteiger partial charge in [0, 0.05) is 10.7 Å². The highest BCUT2D eigenvalue weighted by atomic mass is 35.5. The minimum Gasteiger partial charge on any atom is -0.357 e. The van der Waals surface area contributed by atoms with Crippen LogP contribution in [0.3, 0.4) is 0 Å². The molecule has 14 heavy (non-hydrogen) atoms. The molecule has 2 nitrogen and oxygen atoms in total. The van der Waals surface area contributed by atoms with Crippen molar-refractivity contribution in [3.05, 3.63) is 41.9 Å². The van der Waals surface area contributed by atoms with Crippen LogP contribution in [0.2, 0.25) is 0 Å². The van der Waals surface area contributed by atoms with E-state index >= 15 is 0 Å². The maximum atomic E-state index is 5.58. The molecular formula is C10H11ClN2S. The van der Waals surface area contributed by atoms with Crippen molar-refractivity contribution in [3.8, 4) is 0 Å². The first-order valence-corrected chi connectivity index (χ1v) is 4.90. The molecule has 1 rings (SSSR count). The number of benzene rings is 1. The molecule has 0 fully saturated rings. The fourth-order valence-corrected chi connectivity index (χ4v) is 1.13. The lowest BCUT2D eigenvalue weighted by molar-refractivity contribution is 1.05. The van der Waals surface area contributed by atoms with Gasteiger partial charge in [0.2, 0.25) is 0 Å². The summed E-state index contributed by atoms with van der Waals surface area (Å²) < 4.78 is 0. The maximum absolute atomic E-state index is 5.58. The summed E-state index contributed by atoms with van der Waals surface area (Å²) in [6.07, 6.45) is 0. The first-order chi connectivity index (χ1) is 6.68. The molecule has 0 saturated heterocycles. The summed E-state index contributed by atoms with van der Waals surface area (Å²) in [5.41, 5.74) is 0.949. The first-order valence-electron chi connectivity index (χ1n) is 4.11. The molecule has 0 aliphatic carbocycles. The van der Waals surface area contributed by atoms with Gasteiger partial charge in [-0.25, -0.2) is 0 Å². The van der Waals surface area contributed by atoms with E-state index in [0.29, 0.717) is 16.7 Å². The van der Waals surface area contributed by atoms with Crippen LogP contribution in [-0.4, -0.2) is 11.7 Å². The van der Waals surface area contributed by atoms with E-state index in [1.54, 1.807) is 0 Å². The van der Waals surface area contributed by atoms with Crippen molar-refractivity contribution in [3.63, 3.8) is 0 Å². The standard InChI is InChI=1S/C10H11ClN2S/c1-8(11)7-12-10(14)13-9-5-3-2-4-6-9/h2-6H,1,7H2,(H2,12,13,14). The van der Waals surface area contributed by atoms with Gasteiger partial charge in [0.05, 0.1) is 6.54 Å². The highest BCUT2D eigenvalue weighted by molar-refractivity contribution is 7.80. The molecule has 2 N–H and O–H groups in total. The van der Waals surface area contributed by atoms with Crippen molar-refractivity contribution in [1.82, 2.24) is 5.32 Å². The molecule has 0 spiro atoms. The van der Waals surface area contributed by atoms with Gasteiger partial charge in [-0.05, 0) is 24.4 Å². The third-order valence-electron chi connectivity index (χ3n) is 1.47. The SMILES string of the molecule is C=C(Cl)CNC(=S)Nc1ccccc1. The van der Waals surface area contributed by atoms with Gasteiger partial charge in [0.25, 0.3) is 0 Å². The fraction of sp³-hybridized carbons (Fsp3) is 0.100. The van der Waals surface area contributed by atoms with Gasteiger partial charge in [0.15, 0.2) is 5.11 Å². The highest BCUT2D eigenvalue weighted by Gasteiger charge is 1.95. The summed E-state index contributed by atoms with van der Waals surface area (Å²) in [6.45, 7) is 4.02. The average Bonchev–Trinajstić information content (AvgIpc) is 2.16. The quantitative estimate of drug-likeness (QED) is 0.776. The van der Waals surface area contributed by atoms with Gasteiger partial charge in [-0.2, -0.15) is 0 Å². The van der Waals surface area contributed by atoms with Crippen LogP contribution >= 0.6 is 23.8 Å². The molecule has 0 amide bonds. The van der Waals surface area contributed by atoms with E-state index < -0.39 is 0 Å². The second kappa shape index (κ2) is 5.62. The van der Waals surface area contributed by atoms with Crippen LogP contribution in [0.25, 0.3) is 0 Å². The zero-order valence-electron chi connectivity index (χ0n) is 7.59. The van der Waals surface area contributed by atoms with E-state index in [2.05, 4.69) is 17.2 Å². The van der Waals surface area contributed by atoms with E-state index in [-0.39, 0.29) is 0 Å². The summed E-state index contributed by atoms with van der Waals surface area (Å²) in [7, 11) is 0. The summed E-state index contributed by atoms with van der Waals surface area (Å²) in [6, 6.07) is 9.69. The zero-order valence-corrected chi connectivity index (χ0v) is 9.16. The Morgan fingerprint density at radius 3 is 2.57 bits per heavy atom. The van der Waals surface area contributed by atoms with Gasteiger partial charge >= 0.3 is 0 Å². The summed E-state index contributed by atoms with van der Waals surface area (Å²) >= 11 is 10.6. The van der Waals surface area contributed by atoms with Crippen LogP contribution in [0.4, 0.5) is 5.69 Å². The molecule has 0 aliphatic rings. The topological polar surface area (TPSA) is 24.1 Å². The normalized spacial score (nSPS) is 9.21. The van der Waals surface area contributed by atoms with Crippen LogP contribution in [0.5, 0.6) is 0 Å². The Balaban J connectivity index is 2.38. The van der Waals surface area contributed by atoms with E-state index in [1.165, 1.54) is 0 Å². The third-order valence-corrected chi connectivity index (χ3v) is 1.85. The lowest BCUT2D eigenvalue weighted by Crippen LogP contribution is -2.29. The fourth-order valence-electron chi connectivity index (χ4n) is 0.873. The van der Waals surface area contributed by atoms with Gasteiger partial charge in [-0.1, -0.05) is 36.4 Å². The largest absolute Gasteiger partial charge is 0.357 e. The van der Waals surface area contributed by atoms with E-state index in [9.17, 15) is 0 Å². The van der Waals surface area contributed by atoms with Crippen molar-refractivity contribution >= 4 is 34.6 Å². The van der Waals surface area contributed by atoms with Gasteiger partial charge in [0.1, 0.15) is 0 Å². The highest BCUT2D eigenvalue weighted by Crippen LogP contribution is 2.04.